The van der Waals surface area contributed by atoms with Gasteiger partial charge in [-0.05, 0) is 109 Å². The summed E-state index contributed by atoms with van der Waals surface area (Å²) < 4.78 is 0. The summed E-state index contributed by atoms with van der Waals surface area (Å²) in [4.78, 5) is 41.3. The van der Waals surface area contributed by atoms with Gasteiger partial charge >= 0.3 is 0 Å². The van der Waals surface area contributed by atoms with E-state index in [0.29, 0.717) is 34.1 Å². The van der Waals surface area contributed by atoms with E-state index in [1.807, 2.05) is 91.0 Å². The number of Topliss-reactive ketones (excluding diaryl/α,β-unsaturated/α-hetero) is 3. The van der Waals surface area contributed by atoms with Crippen molar-refractivity contribution in [2.24, 2.45) is 30.7 Å². The summed E-state index contributed by atoms with van der Waals surface area (Å²) in [5.41, 5.74) is 5.06. The predicted octanol–water partition coefficient (Wildman–Crippen LogP) is 11.9. The molecule has 1 fully saturated rings. The molecule has 1 aliphatic rings. The van der Waals surface area contributed by atoms with Crippen molar-refractivity contribution in [3.63, 3.8) is 0 Å². The molecule has 276 valence electrons. The Bertz CT molecular complexity index is 2240. The van der Waals surface area contributed by atoms with Crippen molar-refractivity contribution in [1.29, 1.82) is 0 Å². The average molecular weight is 748 g/mol. The number of nitrogens with zero attached hydrogens (tertiary/aromatic N) is 6. The number of benzene rings is 6. The zero-order valence-corrected chi connectivity index (χ0v) is 30.2. The molecule has 6 aromatic rings. The molecule has 1 saturated carbocycles. The molecule has 3 N–H and O–H groups in total. The second kappa shape index (κ2) is 18.2. The average Bonchev–Trinajstić information content (AvgIpc) is 3.26. The molecule has 12 heteroatoms. The van der Waals surface area contributed by atoms with Gasteiger partial charge in [-0.3, -0.25) is 14.4 Å². The highest BCUT2D eigenvalue weighted by Crippen LogP contribution is 2.27. The Balaban J connectivity index is 1.10. The van der Waals surface area contributed by atoms with E-state index in [0.717, 1.165) is 17.1 Å². The van der Waals surface area contributed by atoms with Crippen LogP contribution in [0.4, 0.5) is 51.2 Å². The zero-order chi connectivity index (χ0) is 39.2. The van der Waals surface area contributed by atoms with Crippen LogP contribution in [0.3, 0.4) is 0 Å². The lowest BCUT2D eigenvalue weighted by atomic mass is 9.84. The lowest BCUT2D eigenvalue weighted by molar-refractivity contribution is -0.124. The molecule has 0 heterocycles. The van der Waals surface area contributed by atoms with Crippen LogP contribution in [0.15, 0.2) is 230 Å². The van der Waals surface area contributed by atoms with Crippen LogP contribution in [0, 0.1) is 0 Å². The molecular formula is C45H33N9O3. The number of azo groups is 3. The van der Waals surface area contributed by atoms with Gasteiger partial charge in [0.05, 0.1) is 50.8 Å². The van der Waals surface area contributed by atoms with Crippen molar-refractivity contribution < 1.29 is 14.4 Å². The molecule has 0 spiro atoms. The highest BCUT2D eigenvalue weighted by molar-refractivity contribution is 6.51. The van der Waals surface area contributed by atoms with Gasteiger partial charge in [-0.2, -0.15) is 30.7 Å². The molecule has 0 bridgehead atoms. The van der Waals surface area contributed by atoms with Gasteiger partial charge in [-0.1, -0.05) is 54.6 Å². The summed E-state index contributed by atoms with van der Waals surface area (Å²) in [6.07, 6.45) is 3.91. The summed E-state index contributed by atoms with van der Waals surface area (Å²) in [6, 6.07) is 48.9. The van der Waals surface area contributed by atoms with E-state index in [2.05, 4.69) is 46.6 Å². The smallest absolute Gasteiger partial charge is 0.203 e. The maximum absolute atomic E-state index is 13.8. The van der Waals surface area contributed by atoms with Crippen LogP contribution in [0.25, 0.3) is 0 Å². The summed E-state index contributed by atoms with van der Waals surface area (Å²) in [7, 11) is 0. The van der Waals surface area contributed by atoms with Gasteiger partial charge in [0.25, 0.3) is 0 Å². The molecule has 7 rings (SSSR count). The summed E-state index contributed by atoms with van der Waals surface area (Å²) in [5, 5.41) is 34.5. The normalized spacial score (nSPS) is 13.1. The Morgan fingerprint density at radius 2 is 0.491 bits per heavy atom. The molecule has 0 radical (unpaired) electrons. The van der Waals surface area contributed by atoms with Crippen molar-refractivity contribution in [1.82, 2.24) is 0 Å². The molecule has 0 unspecified atom stereocenters. The van der Waals surface area contributed by atoms with Crippen molar-refractivity contribution in [2.45, 2.75) is 0 Å². The second-order valence-corrected chi connectivity index (χ2v) is 12.3. The van der Waals surface area contributed by atoms with Gasteiger partial charge in [0.1, 0.15) is 0 Å². The van der Waals surface area contributed by atoms with Gasteiger partial charge in [0, 0.05) is 35.7 Å². The fourth-order valence-electron chi connectivity index (χ4n) is 5.31. The van der Waals surface area contributed by atoms with Crippen LogP contribution in [-0.4, -0.2) is 17.3 Å². The number of hydrogen-bond donors (Lipinski definition) is 3. The Labute approximate surface area is 327 Å². The summed E-state index contributed by atoms with van der Waals surface area (Å²) in [6.45, 7) is 0. The Morgan fingerprint density at radius 1 is 0.281 bits per heavy atom. The van der Waals surface area contributed by atoms with Gasteiger partial charge in [0.15, 0.2) is 0 Å². The predicted molar refractivity (Wildman–Crippen MR) is 221 cm³/mol. The van der Waals surface area contributed by atoms with Crippen molar-refractivity contribution in [3.05, 3.63) is 199 Å². The van der Waals surface area contributed by atoms with E-state index in [-0.39, 0.29) is 16.7 Å². The fraction of sp³-hybridized carbons (Fsp3) is 0. The van der Waals surface area contributed by atoms with Crippen LogP contribution in [-0.2, 0) is 14.4 Å². The maximum Gasteiger partial charge on any atom is 0.203 e. The number of allylic oxidation sites excluding steroid dienone is 3. The van der Waals surface area contributed by atoms with Crippen LogP contribution >= 0.6 is 0 Å². The van der Waals surface area contributed by atoms with Gasteiger partial charge in [-0.25, -0.2) is 0 Å². The number of anilines is 3. The molecule has 0 atom stereocenters. The minimum atomic E-state index is -0.739. The number of carbonyl (C=O) groups is 3. The molecule has 57 heavy (non-hydrogen) atoms. The van der Waals surface area contributed by atoms with Crippen LogP contribution in [0.2, 0.25) is 0 Å². The van der Waals surface area contributed by atoms with E-state index in [1.165, 1.54) is 18.6 Å². The minimum absolute atomic E-state index is 0.225. The maximum atomic E-state index is 13.8. The molecule has 12 nitrogen and oxygen atoms in total. The van der Waals surface area contributed by atoms with Gasteiger partial charge in [-0.15, -0.1) is 0 Å². The number of nitrogens with one attached hydrogen (secondary N) is 3. The van der Waals surface area contributed by atoms with Crippen molar-refractivity contribution >= 4 is 68.5 Å². The van der Waals surface area contributed by atoms with E-state index < -0.39 is 17.3 Å². The Kier molecular flexibility index (Phi) is 11.8. The molecule has 6 aromatic carbocycles. The quantitative estimate of drug-likeness (QED) is 0.0641. The van der Waals surface area contributed by atoms with E-state index in [9.17, 15) is 14.4 Å². The lowest BCUT2D eigenvalue weighted by Crippen LogP contribution is -2.33. The van der Waals surface area contributed by atoms with E-state index in [1.54, 1.807) is 72.8 Å². The minimum Gasteiger partial charge on any atom is -0.361 e. The molecule has 0 aliphatic heterocycles. The third kappa shape index (κ3) is 10.0. The van der Waals surface area contributed by atoms with Crippen molar-refractivity contribution in [2.75, 3.05) is 16.0 Å². The molecule has 0 saturated heterocycles. The second-order valence-electron chi connectivity index (χ2n) is 12.3. The summed E-state index contributed by atoms with van der Waals surface area (Å²) >= 11 is 0. The molecule has 0 amide bonds. The zero-order valence-electron chi connectivity index (χ0n) is 30.2. The monoisotopic (exact) mass is 747 g/mol. The first kappa shape index (κ1) is 37.1. The third-order valence-electron chi connectivity index (χ3n) is 8.33. The first-order valence-electron chi connectivity index (χ1n) is 17.7. The first-order valence-corrected chi connectivity index (χ1v) is 17.7. The van der Waals surface area contributed by atoms with E-state index >= 15 is 0 Å². The standard InChI is InChI=1S/C45H33N9O3/c55-43-40(28-46-31-16-22-37(23-17-31)52-49-34-10-4-1-5-11-34)44(56)42(30-48-33-20-26-39(27-21-33)54-51-36-14-8-3-9-15-36)45(57)41(43)29-47-32-18-24-38(25-19-32)53-50-35-12-6-2-7-13-35/h1-30,46-48H/b40-28?,41-29?,42-30?,52-49+,53-50+,54-51+. The topological polar surface area (TPSA) is 161 Å². The largest absolute Gasteiger partial charge is 0.361 e. The van der Waals surface area contributed by atoms with Crippen LogP contribution in [0.5, 0.6) is 0 Å². The third-order valence-corrected chi connectivity index (χ3v) is 8.33. The Morgan fingerprint density at radius 3 is 0.719 bits per heavy atom. The molecule has 1 aliphatic carbocycles. The summed E-state index contributed by atoms with van der Waals surface area (Å²) in [5.74, 6) is -2.22. The molecular weight excluding hydrogens is 715 g/mol. The van der Waals surface area contributed by atoms with Crippen LogP contribution in [0.1, 0.15) is 0 Å². The number of rotatable bonds is 12. The number of hydrogen-bond acceptors (Lipinski definition) is 12. The number of carbonyl (C=O) groups excluding carboxylic acids is 3. The lowest BCUT2D eigenvalue weighted by Gasteiger charge is -2.18. The highest BCUT2D eigenvalue weighted by atomic mass is 16.2. The van der Waals surface area contributed by atoms with Gasteiger partial charge < -0.3 is 16.0 Å². The molecule has 0 aromatic heterocycles. The first-order chi connectivity index (χ1) is 28.0. The SMILES string of the molecule is O=C1C(=CNc2ccc(/N=N/c3ccccc3)cc2)C(=O)C(=CNc2ccc(/N=N/c3ccccc3)cc2)C(=O)C1=CNc1ccc(/N=N/c2ccccc2)cc1. The van der Waals surface area contributed by atoms with Crippen molar-refractivity contribution in [3.8, 4) is 0 Å². The number of ketones is 3. The van der Waals surface area contributed by atoms with Crippen LogP contribution < -0.4 is 16.0 Å². The Hall–Kier alpha value is -8.25. The van der Waals surface area contributed by atoms with Gasteiger partial charge in [0.2, 0.25) is 17.3 Å². The highest BCUT2D eigenvalue weighted by Gasteiger charge is 2.38. The fourth-order valence-corrected chi connectivity index (χ4v) is 5.31. The van der Waals surface area contributed by atoms with E-state index in [4.69, 9.17) is 0 Å².